The third kappa shape index (κ3) is 3.38. The van der Waals surface area contributed by atoms with Crippen molar-refractivity contribution in [2.75, 3.05) is 5.32 Å². The van der Waals surface area contributed by atoms with E-state index in [9.17, 15) is 0 Å². The molecule has 0 radical (unpaired) electrons. The van der Waals surface area contributed by atoms with Crippen LogP contribution >= 0.6 is 22.7 Å². The van der Waals surface area contributed by atoms with E-state index in [4.69, 9.17) is 4.99 Å². The molecule has 4 heterocycles. The van der Waals surface area contributed by atoms with Gasteiger partial charge in [-0.1, -0.05) is 91.0 Å². The lowest BCUT2D eigenvalue weighted by molar-refractivity contribution is 0.826. The number of hydrogen-bond acceptors (Lipinski definition) is 4. The van der Waals surface area contributed by atoms with Crippen LogP contribution in [0, 0.1) is 0 Å². The Hall–Kier alpha value is -4.97. The average Bonchev–Trinajstić information content (AvgIpc) is 3.72. The van der Waals surface area contributed by atoms with Crippen LogP contribution in [0.1, 0.15) is 17.3 Å². The topological polar surface area (TPSA) is 29.3 Å². The monoisotopic (exact) mass is 585 g/mol. The van der Waals surface area contributed by atoms with Gasteiger partial charge in [-0.2, -0.15) is 0 Å². The summed E-state index contributed by atoms with van der Waals surface area (Å²) in [5, 5.41) is 13.8. The van der Waals surface area contributed by atoms with Crippen molar-refractivity contribution >= 4 is 96.3 Å². The van der Waals surface area contributed by atoms with Crippen molar-refractivity contribution in [3.8, 4) is 0 Å². The molecule has 0 bridgehead atoms. The number of thiophene rings is 2. The Morgan fingerprint density at radius 3 is 2.07 bits per heavy atom. The first-order valence-electron chi connectivity index (χ1n) is 14.5. The quantitative estimate of drug-likeness (QED) is 0.204. The standard InChI is InChI=1S/C38H23N3S2/c1-2-10-23-20-31-29(19-22(23)9-1)25-11-3-6-14-30(25)41(31)37-35-28-13-5-8-16-33(28)43-38(35)40-36(39-37)24-17-18-27-26-12-4-7-15-32(26)42-34(27)21-24/h1-21,36,40H. The van der Waals surface area contributed by atoms with Crippen LogP contribution in [0.4, 0.5) is 5.00 Å². The maximum Gasteiger partial charge on any atom is 0.147 e. The van der Waals surface area contributed by atoms with Gasteiger partial charge in [-0.3, -0.25) is 4.57 Å². The lowest BCUT2D eigenvalue weighted by Gasteiger charge is -2.25. The molecule has 1 aliphatic heterocycles. The maximum atomic E-state index is 5.58. The summed E-state index contributed by atoms with van der Waals surface area (Å²) in [6, 6.07) is 46.3. The van der Waals surface area contributed by atoms with Crippen LogP contribution in [0.2, 0.25) is 0 Å². The molecule has 0 saturated carbocycles. The Morgan fingerprint density at radius 1 is 0.535 bits per heavy atom. The third-order valence-electron chi connectivity index (χ3n) is 8.81. The summed E-state index contributed by atoms with van der Waals surface area (Å²) in [6.07, 6.45) is -0.207. The molecule has 1 N–H and O–H groups in total. The minimum atomic E-state index is -0.207. The summed E-state index contributed by atoms with van der Waals surface area (Å²) in [6.45, 7) is 0. The Balaban J connectivity index is 1.27. The summed E-state index contributed by atoms with van der Waals surface area (Å²) in [5.41, 5.74) is 4.70. The Morgan fingerprint density at radius 2 is 1.21 bits per heavy atom. The first-order chi connectivity index (χ1) is 21.3. The predicted molar refractivity (Wildman–Crippen MR) is 186 cm³/mol. The van der Waals surface area contributed by atoms with Crippen LogP contribution in [0.3, 0.4) is 0 Å². The number of benzene rings is 6. The van der Waals surface area contributed by atoms with Gasteiger partial charge in [0.2, 0.25) is 0 Å². The predicted octanol–water partition coefficient (Wildman–Crippen LogP) is 10.9. The highest BCUT2D eigenvalue weighted by atomic mass is 32.1. The number of nitrogens with one attached hydrogen (secondary N) is 1. The molecule has 3 aromatic heterocycles. The van der Waals surface area contributed by atoms with Gasteiger partial charge in [0, 0.05) is 41.0 Å². The van der Waals surface area contributed by atoms with Crippen molar-refractivity contribution in [3.63, 3.8) is 0 Å². The highest BCUT2D eigenvalue weighted by Crippen LogP contribution is 2.44. The highest BCUT2D eigenvalue weighted by molar-refractivity contribution is 7.25. The molecular weight excluding hydrogens is 563 g/mol. The first-order valence-corrected chi connectivity index (χ1v) is 16.1. The molecule has 10 rings (SSSR count). The summed E-state index contributed by atoms with van der Waals surface area (Å²) < 4.78 is 6.28. The smallest absolute Gasteiger partial charge is 0.147 e. The lowest BCUT2D eigenvalue weighted by Crippen LogP contribution is -2.23. The molecule has 43 heavy (non-hydrogen) atoms. The zero-order valence-electron chi connectivity index (χ0n) is 22.9. The van der Waals surface area contributed by atoms with Crippen molar-refractivity contribution < 1.29 is 0 Å². The summed E-state index contributed by atoms with van der Waals surface area (Å²) in [7, 11) is 0. The van der Waals surface area contributed by atoms with Gasteiger partial charge < -0.3 is 5.32 Å². The zero-order chi connectivity index (χ0) is 28.1. The van der Waals surface area contributed by atoms with Crippen LogP contribution in [-0.2, 0) is 0 Å². The Labute approximate surface area is 255 Å². The SMILES string of the molecule is c1ccc2cc3c(cc2c1)c1ccccc1n3C1=NC(c2ccc3c(c2)sc2ccccc23)Nc2sc3ccccc3c21. The second-order valence-electron chi connectivity index (χ2n) is 11.2. The minimum absolute atomic E-state index is 0.207. The van der Waals surface area contributed by atoms with Gasteiger partial charge >= 0.3 is 0 Å². The second kappa shape index (κ2) is 8.77. The van der Waals surface area contributed by atoms with Gasteiger partial charge in [-0.15, -0.1) is 22.7 Å². The van der Waals surface area contributed by atoms with E-state index in [-0.39, 0.29) is 6.17 Å². The molecule has 202 valence electrons. The van der Waals surface area contributed by atoms with E-state index >= 15 is 0 Å². The van der Waals surface area contributed by atoms with E-state index in [1.165, 1.54) is 79.0 Å². The van der Waals surface area contributed by atoms with Crippen LogP contribution in [-0.4, -0.2) is 10.4 Å². The third-order valence-corrected chi connectivity index (χ3v) is 11.0. The molecule has 0 amide bonds. The van der Waals surface area contributed by atoms with E-state index in [1.54, 1.807) is 0 Å². The largest absolute Gasteiger partial charge is 0.351 e. The lowest BCUT2D eigenvalue weighted by atomic mass is 10.1. The molecule has 0 saturated heterocycles. The van der Waals surface area contributed by atoms with Gasteiger partial charge in [0.1, 0.15) is 17.0 Å². The van der Waals surface area contributed by atoms with Crippen molar-refractivity contribution in [2.45, 2.75) is 6.17 Å². The summed E-state index contributed by atoms with van der Waals surface area (Å²) in [5.74, 6) is 0.995. The van der Waals surface area contributed by atoms with Crippen LogP contribution in [0.15, 0.2) is 132 Å². The molecular formula is C38H23N3S2. The molecule has 0 aliphatic carbocycles. The molecule has 9 aromatic rings. The van der Waals surface area contributed by atoms with Crippen molar-refractivity contribution in [3.05, 3.63) is 139 Å². The molecule has 5 heteroatoms. The van der Waals surface area contributed by atoms with E-state index in [0.29, 0.717) is 0 Å². The van der Waals surface area contributed by atoms with Crippen LogP contribution in [0.25, 0.3) is 62.8 Å². The van der Waals surface area contributed by atoms with Gasteiger partial charge in [-0.25, -0.2) is 4.99 Å². The molecule has 1 unspecified atom stereocenters. The van der Waals surface area contributed by atoms with E-state index < -0.39 is 0 Å². The number of aliphatic imine (C=N–C) groups is 1. The first kappa shape index (κ1) is 23.6. The molecule has 3 nitrogen and oxygen atoms in total. The molecule has 0 spiro atoms. The number of hydrogen-bond donors (Lipinski definition) is 1. The molecule has 0 fully saturated rings. The Bertz CT molecular complexity index is 2620. The number of para-hydroxylation sites is 1. The van der Waals surface area contributed by atoms with Gasteiger partial charge in [0.15, 0.2) is 0 Å². The minimum Gasteiger partial charge on any atom is -0.351 e. The number of fused-ring (bicyclic) bond motifs is 10. The Kier molecular flexibility index (Phi) is 4.81. The van der Waals surface area contributed by atoms with Crippen LogP contribution in [0.5, 0.6) is 0 Å². The van der Waals surface area contributed by atoms with Crippen molar-refractivity contribution in [1.29, 1.82) is 0 Å². The fourth-order valence-corrected chi connectivity index (χ4v) is 9.11. The molecule has 6 aromatic carbocycles. The molecule has 1 aliphatic rings. The van der Waals surface area contributed by atoms with Gasteiger partial charge in [0.05, 0.1) is 16.6 Å². The summed E-state index contributed by atoms with van der Waals surface area (Å²) >= 11 is 3.67. The second-order valence-corrected chi connectivity index (χ2v) is 13.4. The maximum absolute atomic E-state index is 5.58. The average molecular weight is 586 g/mol. The highest BCUT2D eigenvalue weighted by Gasteiger charge is 2.29. The number of rotatable bonds is 1. The fraction of sp³-hybridized carbons (Fsp3) is 0.0263. The van der Waals surface area contributed by atoms with E-state index in [1.807, 2.05) is 22.7 Å². The van der Waals surface area contributed by atoms with Gasteiger partial charge in [-0.05, 0) is 52.7 Å². The number of nitrogens with zero attached hydrogens (tertiary/aromatic N) is 2. The van der Waals surface area contributed by atoms with Crippen molar-refractivity contribution in [1.82, 2.24) is 4.57 Å². The molecule has 1 atom stereocenters. The fourth-order valence-electron chi connectivity index (χ4n) is 6.84. The number of anilines is 1. The normalized spacial score (nSPS) is 15.1. The summed E-state index contributed by atoms with van der Waals surface area (Å²) in [4.78, 5) is 5.58. The van der Waals surface area contributed by atoms with E-state index in [2.05, 4.69) is 137 Å². The zero-order valence-corrected chi connectivity index (χ0v) is 24.5. The van der Waals surface area contributed by atoms with E-state index in [0.717, 1.165) is 5.84 Å². The number of aromatic nitrogens is 1. The van der Waals surface area contributed by atoms with Gasteiger partial charge in [0.25, 0.3) is 0 Å². The van der Waals surface area contributed by atoms with Crippen LogP contribution < -0.4 is 5.32 Å². The van der Waals surface area contributed by atoms with Crippen molar-refractivity contribution in [2.24, 2.45) is 4.99 Å².